The van der Waals surface area contributed by atoms with Gasteiger partial charge in [0.1, 0.15) is 11.0 Å². The van der Waals surface area contributed by atoms with E-state index in [1.165, 1.54) is 18.3 Å². The fourth-order valence-electron chi connectivity index (χ4n) is 2.64. The van der Waals surface area contributed by atoms with Crippen LogP contribution in [0.4, 0.5) is 0 Å². The summed E-state index contributed by atoms with van der Waals surface area (Å²) in [4.78, 5) is 3.63. The zero-order chi connectivity index (χ0) is 15.5. The Bertz CT molecular complexity index is 644. The summed E-state index contributed by atoms with van der Waals surface area (Å²) >= 11 is 0. The van der Waals surface area contributed by atoms with Crippen LogP contribution in [0.3, 0.4) is 0 Å². The van der Waals surface area contributed by atoms with Gasteiger partial charge in [-0.2, -0.15) is 5.26 Å². The number of nitriles is 1. The number of aromatic nitrogens is 1. The van der Waals surface area contributed by atoms with Gasteiger partial charge in [0.05, 0.1) is 12.1 Å². The molecule has 0 aliphatic heterocycles. The average molecular weight is 309 g/mol. The minimum atomic E-state index is -3.89. The molecule has 21 heavy (non-hydrogen) atoms. The van der Waals surface area contributed by atoms with E-state index in [0.717, 1.165) is 12.8 Å². The van der Waals surface area contributed by atoms with Gasteiger partial charge >= 0.3 is 0 Å². The molecule has 0 spiro atoms. The van der Waals surface area contributed by atoms with E-state index >= 15 is 0 Å². The van der Waals surface area contributed by atoms with Gasteiger partial charge in [0, 0.05) is 6.20 Å². The van der Waals surface area contributed by atoms with Crippen LogP contribution in [0, 0.1) is 17.2 Å². The van der Waals surface area contributed by atoms with Crippen LogP contribution >= 0.6 is 0 Å². The van der Waals surface area contributed by atoms with Crippen LogP contribution in [-0.2, 0) is 10.0 Å². The molecule has 1 saturated carbocycles. The molecule has 1 aliphatic carbocycles. The van der Waals surface area contributed by atoms with E-state index in [2.05, 4.69) is 16.6 Å². The Labute approximate surface area is 124 Å². The first kappa shape index (κ1) is 15.9. The second-order valence-corrected chi connectivity index (χ2v) is 7.34. The van der Waals surface area contributed by atoms with Crippen LogP contribution in [0.25, 0.3) is 0 Å². The van der Waals surface area contributed by atoms with E-state index in [0.29, 0.717) is 18.8 Å². The van der Waals surface area contributed by atoms with E-state index in [4.69, 9.17) is 5.26 Å². The second kappa shape index (κ2) is 6.10. The van der Waals surface area contributed by atoms with Gasteiger partial charge in [-0.3, -0.25) is 0 Å². The Kier molecular flexibility index (Phi) is 4.61. The molecule has 0 unspecified atom stereocenters. The first-order chi connectivity index (χ1) is 9.92. The van der Waals surface area contributed by atoms with Crippen molar-refractivity contribution < 1.29 is 13.5 Å². The molecule has 0 atom stereocenters. The number of pyridine rings is 1. The number of hydrogen-bond acceptors (Lipinski definition) is 5. The number of sulfonamides is 1. The van der Waals surface area contributed by atoms with Gasteiger partial charge in [0.2, 0.25) is 10.0 Å². The molecule has 7 heteroatoms. The van der Waals surface area contributed by atoms with Crippen LogP contribution in [-0.4, -0.2) is 30.7 Å². The highest BCUT2D eigenvalue weighted by atomic mass is 32.2. The van der Waals surface area contributed by atoms with Crippen molar-refractivity contribution in [2.24, 2.45) is 5.92 Å². The van der Waals surface area contributed by atoms with Crippen molar-refractivity contribution in [2.45, 2.75) is 43.0 Å². The molecule has 1 aromatic heterocycles. The molecule has 1 heterocycles. The van der Waals surface area contributed by atoms with Crippen molar-refractivity contribution in [3.63, 3.8) is 0 Å². The summed E-state index contributed by atoms with van der Waals surface area (Å²) < 4.78 is 27.6. The first-order valence-corrected chi connectivity index (χ1v) is 8.41. The van der Waals surface area contributed by atoms with Gasteiger partial charge in [-0.05, 0) is 43.7 Å². The molecule has 114 valence electrons. The molecule has 1 aromatic rings. The van der Waals surface area contributed by atoms with Gasteiger partial charge in [0.25, 0.3) is 0 Å². The third-order valence-electron chi connectivity index (χ3n) is 4.05. The van der Waals surface area contributed by atoms with Crippen LogP contribution in [0.15, 0.2) is 23.2 Å². The van der Waals surface area contributed by atoms with E-state index in [-0.39, 0.29) is 17.2 Å². The number of aliphatic hydroxyl groups excluding tert-OH is 1. The van der Waals surface area contributed by atoms with E-state index in [1.807, 2.05) is 0 Å². The summed E-state index contributed by atoms with van der Waals surface area (Å²) in [5, 5.41) is 18.6. The minimum Gasteiger partial charge on any atom is -0.394 e. The summed E-state index contributed by atoms with van der Waals surface area (Å²) in [7, 11) is -3.89. The van der Waals surface area contributed by atoms with E-state index < -0.39 is 15.6 Å². The lowest BCUT2D eigenvalue weighted by Crippen LogP contribution is -2.53. The maximum absolute atomic E-state index is 12.5. The SMILES string of the molecule is CC1CCC(CO)(NS(=O)(=O)c2cccnc2C#N)CC1. The maximum Gasteiger partial charge on any atom is 0.244 e. The standard InChI is InChI=1S/C14H19N3O3S/c1-11-4-6-14(10-18,7-5-11)17-21(19,20)13-3-2-8-16-12(13)9-15/h2-3,8,11,17-18H,4-7,10H2,1H3. The Morgan fingerprint density at radius 2 is 2.19 bits per heavy atom. The number of hydrogen-bond donors (Lipinski definition) is 2. The third-order valence-corrected chi connectivity index (χ3v) is 5.66. The summed E-state index contributed by atoms with van der Waals surface area (Å²) in [6.07, 6.45) is 4.28. The molecular weight excluding hydrogens is 290 g/mol. The van der Waals surface area contributed by atoms with Crippen LogP contribution < -0.4 is 4.72 Å². The Morgan fingerprint density at radius 3 is 2.76 bits per heavy atom. The highest BCUT2D eigenvalue weighted by Crippen LogP contribution is 2.33. The van der Waals surface area contributed by atoms with Crippen LogP contribution in [0.5, 0.6) is 0 Å². The smallest absolute Gasteiger partial charge is 0.244 e. The molecule has 2 rings (SSSR count). The first-order valence-electron chi connectivity index (χ1n) is 6.92. The van der Waals surface area contributed by atoms with Crippen LogP contribution in [0.1, 0.15) is 38.3 Å². The van der Waals surface area contributed by atoms with Crippen LogP contribution in [0.2, 0.25) is 0 Å². The molecule has 0 radical (unpaired) electrons. The van der Waals surface area contributed by atoms with Crippen molar-refractivity contribution >= 4 is 10.0 Å². The van der Waals surface area contributed by atoms with E-state index in [1.54, 1.807) is 6.07 Å². The quantitative estimate of drug-likeness (QED) is 0.869. The zero-order valence-electron chi connectivity index (χ0n) is 11.9. The molecular formula is C14H19N3O3S. The van der Waals surface area contributed by atoms with E-state index in [9.17, 15) is 13.5 Å². The molecule has 0 aromatic carbocycles. The molecule has 0 amide bonds. The fourth-order valence-corrected chi connectivity index (χ4v) is 4.20. The van der Waals surface area contributed by atoms with Crippen molar-refractivity contribution in [3.8, 4) is 6.07 Å². The lowest BCUT2D eigenvalue weighted by molar-refractivity contribution is 0.125. The lowest BCUT2D eigenvalue weighted by Gasteiger charge is -2.38. The monoisotopic (exact) mass is 309 g/mol. The maximum atomic E-state index is 12.5. The predicted octanol–water partition coefficient (Wildman–Crippen LogP) is 1.17. The normalized spacial score (nSPS) is 26.2. The molecule has 2 N–H and O–H groups in total. The topological polar surface area (TPSA) is 103 Å². The summed E-state index contributed by atoms with van der Waals surface area (Å²) in [5.41, 5.74) is -0.976. The summed E-state index contributed by atoms with van der Waals surface area (Å²) in [6, 6.07) is 4.61. The minimum absolute atomic E-state index is 0.137. The number of rotatable bonds is 4. The van der Waals surface area contributed by atoms with Crippen molar-refractivity contribution in [1.29, 1.82) is 5.26 Å². The second-order valence-electron chi connectivity index (χ2n) is 5.69. The fraction of sp³-hybridized carbons (Fsp3) is 0.571. The lowest BCUT2D eigenvalue weighted by atomic mass is 9.78. The Balaban J connectivity index is 2.30. The number of aliphatic hydroxyl groups is 1. The zero-order valence-corrected chi connectivity index (χ0v) is 12.7. The summed E-state index contributed by atoms with van der Waals surface area (Å²) in [5.74, 6) is 0.530. The van der Waals surface area contributed by atoms with Crippen molar-refractivity contribution in [2.75, 3.05) is 6.61 Å². The van der Waals surface area contributed by atoms with Gasteiger partial charge in [-0.1, -0.05) is 6.92 Å². The molecule has 1 aliphatic rings. The summed E-state index contributed by atoms with van der Waals surface area (Å²) in [6.45, 7) is 1.87. The molecule has 1 fully saturated rings. The van der Waals surface area contributed by atoms with Gasteiger partial charge in [0.15, 0.2) is 5.69 Å². The number of nitrogens with zero attached hydrogens (tertiary/aromatic N) is 2. The van der Waals surface area contributed by atoms with Gasteiger partial charge < -0.3 is 5.11 Å². The Hall–Kier alpha value is -1.49. The highest BCUT2D eigenvalue weighted by Gasteiger charge is 2.38. The predicted molar refractivity (Wildman–Crippen MR) is 76.7 cm³/mol. The highest BCUT2D eigenvalue weighted by molar-refractivity contribution is 7.89. The number of nitrogens with one attached hydrogen (secondary N) is 1. The van der Waals surface area contributed by atoms with Crippen molar-refractivity contribution in [3.05, 3.63) is 24.0 Å². The third kappa shape index (κ3) is 3.40. The largest absolute Gasteiger partial charge is 0.394 e. The molecule has 0 saturated heterocycles. The molecule has 0 bridgehead atoms. The molecule has 6 nitrogen and oxygen atoms in total. The van der Waals surface area contributed by atoms with Gasteiger partial charge in [-0.15, -0.1) is 0 Å². The van der Waals surface area contributed by atoms with Gasteiger partial charge in [-0.25, -0.2) is 18.1 Å². The average Bonchev–Trinajstić information content (AvgIpc) is 2.49. The van der Waals surface area contributed by atoms with Crippen molar-refractivity contribution in [1.82, 2.24) is 9.71 Å². The Morgan fingerprint density at radius 1 is 1.52 bits per heavy atom.